The van der Waals surface area contributed by atoms with Crippen LogP contribution < -0.4 is 15.5 Å². The van der Waals surface area contributed by atoms with E-state index in [1.54, 1.807) is 36.4 Å². The van der Waals surface area contributed by atoms with Gasteiger partial charge in [0.2, 0.25) is 0 Å². The molecule has 9 heteroatoms. The molecule has 2 amide bonds. The van der Waals surface area contributed by atoms with Gasteiger partial charge >= 0.3 is 11.8 Å². The summed E-state index contributed by atoms with van der Waals surface area (Å²) in [6, 6.07) is 10.5. The summed E-state index contributed by atoms with van der Waals surface area (Å²) in [7, 11) is 1.35. The van der Waals surface area contributed by atoms with E-state index in [1.807, 2.05) is 0 Å². The Kier molecular flexibility index (Phi) is 7.44. The Morgan fingerprint density at radius 3 is 2.54 bits per heavy atom. The second kappa shape index (κ2) is 9.56. The number of hydrazone groups is 1. The van der Waals surface area contributed by atoms with Gasteiger partial charge in [0.1, 0.15) is 12.4 Å². The number of ether oxygens (including phenoxy) is 1. The van der Waals surface area contributed by atoms with Crippen molar-refractivity contribution in [1.29, 1.82) is 0 Å². The van der Waals surface area contributed by atoms with Crippen LogP contribution in [0.5, 0.6) is 5.75 Å². The van der Waals surface area contributed by atoms with Gasteiger partial charge in [-0.3, -0.25) is 9.59 Å². The van der Waals surface area contributed by atoms with Gasteiger partial charge in [-0.2, -0.15) is 5.10 Å². The number of halogens is 3. The van der Waals surface area contributed by atoms with Crippen molar-refractivity contribution in [1.82, 2.24) is 10.7 Å². The van der Waals surface area contributed by atoms with Crippen molar-refractivity contribution in [2.75, 3.05) is 7.05 Å². The second-order valence-corrected chi connectivity index (χ2v) is 6.68. The van der Waals surface area contributed by atoms with Crippen LogP contribution in [-0.4, -0.2) is 25.1 Å². The first kappa shape index (κ1) is 20.2. The summed E-state index contributed by atoms with van der Waals surface area (Å²) in [5.41, 5.74) is 3.37. The molecule has 0 bridgehead atoms. The fourth-order valence-electron chi connectivity index (χ4n) is 1.90. The molecule has 0 saturated heterocycles. The first-order valence-electron chi connectivity index (χ1n) is 7.32. The number of amides is 2. The molecule has 0 spiro atoms. The first-order chi connectivity index (χ1) is 12.4. The Hall–Kier alpha value is -2.09. The number of carbonyl (C=O) groups is 2. The number of nitrogens with zero attached hydrogens (tertiary/aromatic N) is 1. The average molecular weight is 459 g/mol. The van der Waals surface area contributed by atoms with Gasteiger partial charge in [-0.05, 0) is 30.3 Å². The van der Waals surface area contributed by atoms with E-state index in [4.69, 9.17) is 27.9 Å². The van der Waals surface area contributed by atoms with Gasteiger partial charge in [-0.15, -0.1) is 0 Å². The lowest BCUT2D eigenvalue weighted by atomic mass is 10.2. The van der Waals surface area contributed by atoms with Gasteiger partial charge in [-0.1, -0.05) is 45.2 Å². The van der Waals surface area contributed by atoms with Crippen molar-refractivity contribution in [2.45, 2.75) is 6.61 Å². The summed E-state index contributed by atoms with van der Waals surface area (Å²) in [5.74, 6) is -1.16. The highest BCUT2D eigenvalue weighted by atomic mass is 79.9. The number of rotatable bonds is 5. The molecule has 2 N–H and O–H groups in total. The third-order valence-corrected chi connectivity index (χ3v) is 4.41. The van der Waals surface area contributed by atoms with Crippen molar-refractivity contribution in [2.24, 2.45) is 5.10 Å². The highest BCUT2D eigenvalue weighted by molar-refractivity contribution is 9.10. The fourth-order valence-corrected chi connectivity index (χ4v) is 2.78. The van der Waals surface area contributed by atoms with Crippen LogP contribution in [0.1, 0.15) is 11.1 Å². The number of hydrogen-bond donors (Lipinski definition) is 2. The van der Waals surface area contributed by atoms with E-state index in [0.717, 1.165) is 4.47 Å². The van der Waals surface area contributed by atoms with Gasteiger partial charge in [0, 0.05) is 32.7 Å². The molecule has 0 atom stereocenters. The van der Waals surface area contributed by atoms with E-state index in [0.29, 0.717) is 26.9 Å². The Balaban J connectivity index is 2.14. The van der Waals surface area contributed by atoms with E-state index >= 15 is 0 Å². The summed E-state index contributed by atoms with van der Waals surface area (Å²) >= 11 is 15.6. The zero-order valence-corrected chi connectivity index (χ0v) is 16.7. The number of nitrogens with one attached hydrogen (secondary N) is 2. The molecular weight excluding hydrogens is 445 g/mol. The first-order valence-corrected chi connectivity index (χ1v) is 8.87. The Morgan fingerprint density at radius 2 is 1.88 bits per heavy atom. The minimum atomic E-state index is -0.871. The molecule has 0 fully saturated rings. The molecule has 0 aliphatic rings. The summed E-state index contributed by atoms with van der Waals surface area (Å²) in [5, 5.41) is 6.97. The Bertz CT molecular complexity index is 839. The van der Waals surface area contributed by atoms with Crippen LogP contribution in [0.2, 0.25) is 10.0 Å². The standard InChI is InChI=1S/C17H14BrCl2N3O3/c1-21-16(24)17(25)23-22-8-10-7-11(18)5-6-15(10)26-9-12-13(19)3-2-4-14(12)20/h2-8H,9H2,1H3,(H,21,24)(H,23,25)/b22-8-. The lowest BCUT2D eigenvalue weighted by molar-refractivity contribution is -0.138. The Labute approximate surface area is 168 Å². The monoisotopic (exact) mass is 457 g/mol. The minimum absolute atomic E-state index is 0.158. The molecule has 0 aliphatic heterocycles. The maximum atomic E-state index is 11.4. The molecule has 0 aliphatic carbocycles. The minimum Gasteiger partial charge on any atom is -0.488 e. The van der Waals surface area contributed by atoms with E-state index in [1.165, 1.54) is 13.3 Å². The van der Waals surface area contributed by atoms with Gasteiger partial charge in [0.25, 0.3) is 0 Å². The maximum Gasteiger partial charge on any atom is 0.329 e. The quantitative estimate of drug-likeness (QED) is 0.408. The van der Waals surface area contributed by atoms with Crippen LogP contribution in [0, 0.1) is 0 Å². The topological polar surface area (TPSA) is 79.8 Å². The predicted molar refractivity (Wildman–Crippen MR) is 105 cm³/mol. The fraction of sp³-hybridized carbons (Fsp3) is 0.118. The zero-order chi connectivity index (χ0) is 19.1. The van der Waals surface area contributed by atoms with Crippen molar-refractivity contribution in [3.8, 4) is 5.75 Å². The van der Waals surface area contributed by atoms with Crippen LogP contribution in [0.15, 0.2) is 46.0 Å². The molecule has 0 saturated carbocycles. The van der Waals surface area contributed by atoms with Crippen LogP contribution in [0.25, 0.3) is 0 Å². The number of hydrogen-bond acceptors (Lipinski definition) is 4. The summed E-state index contributed by atoms with van der Waals surface area (Å²) in [6.07, 6.45) is 1.37. The van der Waals surface area contributed by atoms with Gasteiger partial charge in [-0.25, -0.2) is 5.43 Å². The predicted octanol–water partition coefficient (Wildman–Crippen LogP) is 3.53. The maximum absolute atomic E-state index is 11.4. The number of likely N-dealkylation sites (N-methyl/N-ethyl adjacent to an activating group) is 1. The van der Waals surface area contributed by atoms with E-state index in [2.05, 4.69) is 31.8 Å². The van der Waals surface area contributed by atoms with Gasteiger partial charge < -0.3 is 10.1 Å². The molecule has 136 valence electrons. The number of benzene rings is 2. The van der Waals surface area contributed by atoms with E-state index in [-0.39, 0.29) is 6.61 Å². The molecule has 6 nitrogen and oxygen atoms in total. The largest absolute Gasteiger partial charge is 0.488 e. The van der Waals surface area contributed by atoms with Gasteiger partial charge in [0.05, 0.1) is 6.21 Å². The van der Waals surface area contributed by atoms with E-state index < -0.39 is 11.8 Å². The molecular formula is C17H14BrCl2N3O3. The second-order valence-electron chi connectivity index (χ2n) is 4.95. The molecule has 2 aromatic carbocycles. The molecule has 0 aromatic heterocycles. The Morgan fingerprint density at radius 1 is 1.19 bits per heavy atom. The van der Waals surface area contributed by atoms with Gasteiger partial charge in [0.15, 0.2) is 0 Å². The lowest BCUT2D eigenvalue weighted by Crippen LogP contribution is -2.35. The molecule has 0 unspecified atom stereocenters. The summed E-state index contributed by atoms with van der Waals surface area (Å²) < 4.78 is 6.58. The molecule has 0 radical (unpaired) electrons. The molecule has 2 aromatic rings. The zero-order valence-electron chi connectivity index (χ0n) is 13.6. The highest BCUT2D eigenvalue weighted by Crippen LogP contribution is 2.27. The van der Waals surface area contributed by atoms with Crippen LogP contribution in [0.3, 0.4) is 0 Å². The van der Waals surface area contributed by atoms with Crippen molar-refractivity contribution < 1.29 is 14.3 Å². The molecule has 0 heterocycles. The third-order valence-electron chi connectivity index (χ3n) is 3.21. The SMILES string of the molecule is CNC(=O)C(=O)N/N=C\c1cc(Br)ccc1OCc1c(Cl)cccc1Cl. The van der Waals surface area contributed by atoms with Crippen molar-refractivity contribution in [3.05, 3.63) is 62.0 Å². The van der Waals surface area contributed by atoms with E-state index in [9.17, 15) is 9.59 Å². The van der Waals surface area contributed by atoms with Crippen LogP contribution in [-0.2, 0) is 16.2 Å². The third kappa shape index (κ3) is 5.45. The number of carbonyl (C=O) groups excluding carboxylic acids is 2. The summed E-state index contributed by atoms with van der Waals surface area (Å²) in [4.78, 5) is 22.5. The van der Waals surface area contributed by atoms with Crippen molar-refractivity contribution in [3.63, 3.8) is 0 Å². The van der Waals surface area contributed by atoms with Crippen LogP contribution >= 0.6 is 39.1 Å². The smallest absolute Gasteiger partial charge is 0.329 e. The van der Waals surface area contributed by atoms with Crippen molar-refractivity contribution >= 4 is 57.2 Å². The highest BCUT2D eigenvalue weighted by Gasteiger charge is 2.10. The average Bonchev–Trinajstić information content (AvgIpc) is 2.62. The van der Waals surface area contributed by atoms with Crippen LogP contribution in [0.4, 0.5) is 0 Å². The lowest BCUT2D eigenvalue weighted by Gasteiger charge is -2.12. The summed E-state index contributed by atoms with van der Waals surface area (Å²) in [6.45, 7) is 0.158. The normalized spacial score (nSPS) is 10.6. The molecule has 26 heavy (non-hydrogen) atoms. The molecule has 2 rings (SSSR count).